The van der Waals surface area contributed by atoms with E-state index in [1.807, 2.05) is 11.8 Å². The van der Waals surface area contributed by atoms with Crippen molar-refractivity contribution in [1.82, 2.24) is 9.88 Å². The van der Waals surface area contributed by atoms with Gasteiger partial charge in [-0.15, -0.1) is 11.3 Å². The van der Waals surface area contributed by atoms with Gasteiger partial charge in [-0.2, -0.15) is 0 Å². The van der Waals surface area contributed by atoms with E-state index in [1.165, 1.54) is 24.2 Å². The standard InChI is InChI=1S/C28H43N3O4S/c1-27-12-11-22(33)28(2,17-32)21(27)16-20-24(19(27)15-23(34)31-13-7-4-8-14-31)29-26(36-20)30-25(35)18-9-5-3-6-10-18/h18-19,21-22,32-33H,3-17H2,1-2H3,(H,29,30,35)/t19-,21+,22-,27+,28+/m1/s1. The number of hydrogen-bond donors (Lipinski definition) is 3. The average Bonchev–Trinajstić information content (AvgIpc) is 3.30. The largest absolute Gasteiger partial charge is 0.396 e. The smallest absolute Gasteiger partial charge is 0.229 e. The fraction of sp³-hybridized carbons (Fsp3) is 0.821. The molecule has 0 unspecified atom stereocenters. The molecule has 7 nitrogen and oxygen atoms in total. The number of rotatable bonds is 5. The highest BCUT2D eigenvalue weighted by atomic mass is 32.1. The van der Waals surface area contributed by atoms with E-state index in [-0.39, 0.29) is 41.6 Å². The number of piperidine rings is 1. The number of likely N-dealkylation sites (tertiary alicyclic amines) is 1. The topological polar surface area (TPSA) is 103 Å². The first-order valence-corrected chi connectivity index (χ1v) is 14.9. The number of anilines is 1. The zero-order chi connectivity index (χ0) is 25.5. The lowest BCUT2D eigenvalue weighted by molar-refractivity contribution is -0.147. The van der Waals surface area contributed by atoms with Crippen molar-refractivity contribution in [3.8, 4) is 0 Å². The van der Waals surface area contributed by atoms with Crippen LogP contribution in [0.4, 0.5) is 5.13 Å². The van der Waals surface area contributed by atoms with Gasteiger partial charge in [-0.25, -0.2) is 4.98 Å². The highest BCUT2D eigenvalue weighted by molar-refractivity contribution is 7.15. The van der Waals surface area contributed by atoms with Crippen LogP contribution in [0.5, 0.6) is 0 Å². The summed E-state index contributed by atoms with van der Waals surface area (Å²) in [6.45, 7) is 5.81. The van der Waals surface area contributed by atoms with Gasteiger partial charge in [-0.05, 0) is 62.7 Å². The first-order valence-electron chi connectivity index (χ1n) is 14.1. The summed E-state index contributed by atoms with van der Waals surface area (Å²) < 4.78 is 0. The Labute approximate surface area is 219 Å². The van der Waals surface area contributed by atoms with E-state index in [0.717, 1.165) is 68.6 Å². The molecule has 36 heavy (non-hydrogen) atoms. The molecule has 2 heterocycles. The summed E-state index contributed by atoms with van der Waals surface area (Å²) >= 11 is 1.53. The van der Waals surface area contributed by atoms with Crippen molar-refractivity contribution in [3.63, 3.8) is 0 Å². The fourth-order valence-corrected chi connectivity index (χ4v) is 8.79. The molecule has 8 heteroatoms. The zero-order valence-corrected chi connectivity index (χ0v) is 22.7. The molecule has 3 aliphatic carbocycles. The molecule has 1 saturated heterocycles. The van der Waals surface area contributed by atoms with Crippen molar-refractivity contribution in [2.75, 3.05) is 25.0 Å². The number of aliphatic hydroxyl groups is 2. The number of aromatic nitrogens is 1. The van der Waals surface area contributed by atoms with Crippen LogP contribution in [0.25, 0.3) is 0 Å². The molecular weight excluding hydrogens is 474 g/mol. The number of fused-ring (bicyclic) bond motifs is 2. The molecule has 3 fully saturated rings. The number of thiazole rings is 1. The van der Waals surface area contributed by atoms with Gasteiger partial charge in [0.2, 0.25) is 11.8 Å². The summed E-state index contributed by atoms with van der Waals surface area (Å²) in [7, 11) is 0. The van der Waals surface area contributed by atoms with Gasteiger partial charge < -0.3 is 20.4 Å². The molecular formula is C28H43N3O4S. The minimum absolute atomic E-state index is 0.0350. The molecule has 1 aromatic heterocycles. The first kappa shape index (κ1) is 26.1. The summed E-state index contributed by atoms with van der Waals surface area (Å²) in [4.78, 5) is 34.6. The molecule has 200 valence electrons. The highest BCUT2D eigenvalue weighted by Gasteiger charge is 2.59. The van der Waals surface area contributed by atoms with E-state index >= 15 is 0 Å². The Morgan fingerprint density at radius 3 is 2.47 bits per heavy atom. The lowest BCUT2D eigenvalue weighted by Crippen LogP contribution is -2.57. The molecule has 0 radical (unpaired) electrons. The fourth-order valence-electron chi connectivity index (χ4n) is 7.72. The predicted octanol–water partition coefficient (Wildman–Crippen LogP) is 4.48. The molecule has 5 rings (SSSR count). The molecule has 3 N–H and O–H groups in total. The van der Waals surface area contributed by atoms with Crippen molar-refractivity contribution in [2.24, 2.45) is 22.7 Å². The van der Waals surface area contributed by atoms with Crippen LogP contribution in [0.2, 0.25) is 0 Å². The van der Waals surface area contributed by atoms with E-state index in [9.17, 15) is 19.8 Å². The van der Waals surface area contributed by atoms with Crippen LogP contribution in [0.1, 0.15) is 101 Å². The average molecular weight is 518 g/mol. The van der Waals surface area contributed by atoms with E-state index in [1.54, 1.807) is 0 Å². The first-order chi connectivity index (χ1) is 17.3. The van der Waals surface area contributed by atoms with Gasteiger partial charge in [0.15, 0.2) is 5.13 Å². The molecule has 4 aliphatic rings. The molecule has 1 aromatic rings. The van der Waals surface area contributed by atoms with E-state index in [2.05, 4.69) is 12.2 Å². The Kier molecular flexibility index (Phi) is 7.50. The zero-order valence-electron chi connectivity index (χ0n) is 21.9. The highest BCUT2D eigenvalue weighted by Crippen LogP contribution is 2.63. The summed E-state index contributed by atoms with van der Waals surface area (Å²) in [5.41, 5.74) is 0.0697. The SMILES string of the molecule is C[C@]1(CO)[C@H]2Cc3sc(NC(=O)C4CCCCC4)nc3[C@@H](CC(=O)N3CCCCC3)[C@]2(C)CC[C@H]1O. The second-order valence-corrected chi connectivity index (χ2v) is 13.4. The second kappa shape index (κ2) is 10.3. The van der Waals surface area contributed by atoms with Crippen molar-refractivity contribution >= 4 is 28.3 Å². The number of hydrogen-bond acceptors (Lipinski definition) is 6. The minimum Gasteiger partial charge on any atom is -0.396 e. The number of carbonyl (C=O) groups is 2. The van der Waals surface area contributed by atoms with Gasteiger partial charge >= 0.3 is 0 Å². The molecule has 1 aliphatic heterocycles. The van der Waals surface area contributed by atoms with Crippen molar-refractivity contribution in [2.45, 2.75) is 103 Å². The van der Waals surface area contributed by atoms with Gasteiger partial charge in [0.1, 0.15) is 0 Å². The molecule has 5 atom stereocenters. The molecule has 0 bridgehead atoms. The third-order valence-electron chi connectivity index (χ3n) is 10.2. The quantitative estimate of drug-likeness (QED) is 0.534. The Morgan fingerprint density at radius 2 is 1.78 bits per heavy atom. The Morgan fingerprint density at radius 1 is 1.08 bits per heavy atom. The number of amides is 2. The van der Waals surface area contributed by atoms with Crippen molar-refractivity contribution < 1.29 is 19.8 Å². The summed E-state index contributed by atoms with van der Waals surface area (Å²) in [6.07, 6.45) is 10.6. The number of nitrogens with one attached hydrogen (secondary N) is 1. The maximum absolute atomic E-state index is 13.5. The number of nitrogens with zero attached hydrogens (tertiary/aromatic N) is 2. The van der Waals surface area contributed by atoms with Crippen LogP contribution >= 0.6 is 11.3 Å². The van der Waals surface area contributed by atoms with Crippen molar-refractivity contribution in [3.05, 3.63) is 10.6 Å². The lowest BCUT2D eigenvalue weighted by Gasteiger charge is -2.58. The Hall–Kier alpha value is -1.51. The monoisotopic (exact) mass is 517 g/mol. The van der Waals surface area contributed by atoms with Gasteiger partial charge in [0.05, 0.1) is 18.4 Å². The lowest BCUT2D eigenvalue weighted by atomic mass is 9.47. The van der Waals surface area contributed by atoms with Gasteiger partial charge in [0, 0.05) is 41.6 Å². The molecule has 2 saturated carbocycles. The Bertz CT molecular complexity index is 970. The maximum Gasteiger partial charge on any atom is 0.229 e. The van der Waals surface area contributed by atoms with Crippen LogP contribution in [-0.4, -0.2) is 57.7 Å². The van der Waals surface area contributed by atoms with Gasteiger partial charge in [-0.1, -0.05) is 33.1 Å². The van der Waals surface area contributed by atoms with Crippen LogP contribution in [0.3, 0.4) is 0 Å². The third-order valence-corrected chi connectivity index (χ3v) is 11.2. The van der Waals surface area contributed by atoms with Crippen LogP contribution in [-0.2, 0) is 16.0 Å². The Balaban J connectivity index is 1.46. The van der Waals surface area contributed by atoms with Gasteiger partial charge in [-0.3, -0.25) is 9.59 Å². The van der Waals surface area contributed by atoms with Gasteiger partial charge in [0.25, 0.3) is 0 Å². The summed E-state index contributed by atoms with van der Waals surface area (Å²) in [6, 6.07) is 0. The second-order valence-electron chi connectivity index (χ2n) is 12.3. The van der Waals surface area contributed by atoms with E-state index < -0.39 is 11.5 Å². The van der Waals surface area contributed by atoms with E-state index in [4.69, 9.17) is 4.98 Å². The molecule has 0 spiro atoms. The maximum atomic E-state index is 13.5. The predicted molar refractivity (Wildman–Crippen MR) is 141 cm³/mol. The molecule has 2 amide bonds. The van der Waals surface area contributed by atoms with Crippen LogP contribution < -0.4 is 5.32 Å². The minimum atomic E-state index is -0.632. The normalized spacial score (nSPS) is 35.1. The van der Waals surface area contributed by atoms with E-state index in [0.29, 0.717) is 24.4 Å². The molecule has 0 aromatic carbocycles. The summed E-state index contributed by atoms with van der Waals surface area (Å²) in [5, 5.41) is 25.2. The van der Waals surface area contributed by atoms with Crippen LogP contribution in [0.15, 0.2) is 0 Å². The van der Waals surface area contributed by atoms with Crippen LogP contribution in [0, 0.1) is 22.7 Å². The number of carbonyl (C=O) groups excluding carboxylic acids is 2. The van der Waals surface area contributed by atoms with Crippen molar-refractivity contribution in [1.29, 1.82) is 0 Å². The number of aliphatic hydroxyl groups excluding tert-OH is 2. The third kappa shape index (κ3) is 4.62. The summed E-state index contributed by atoms with van der Waals surface area (Å²) in [5.74, 6) is 0.263.